The number of carbonyl (C=O) groups excluding carboxylic acids is 2. The molecule has 2 fully saturated rings. The molecule has 2 heterocycles. The zero-order valence-corrected chi connectivity index (χ0v) is 15.4. The van der Waals surface area contributed by atoms with Crippen molar-refractivity contribution < 1.29 is 24.2 Å². The maximum absolute atomic E-state index is 12.8. The van der Waals surface area contributed by atoms with E-state index in [2.05, 4.69) is 12.6 Å². The standard InChI is InChI=1S/C19H21NO5S/c1-24-12-3-2-10-8-13-19(23)5-4-11(21)17-18(19,15(10)16(12)25-17)6-7-20(13)14(22)9-26/h2-3,13,17,23,26H,4-9H2,1H3/t13-,17+,18+,19-/m1/s1. The smallest absolute Gasteiger partial charge is 0.232 e. The summed E-state index contributed by atoms with van der Waals surface area (Å²) in [6, 6.07) is 3.46. The fraction of sp³-hybridized carbons (Fsp3) is 0.579. The second-order valence-electron chi connectivity index (χ2n) is 7.71. The number of ether oxygens (including phenoxy) is 2. The lowest BCUT2D eigenvalue weighted by Gasteiger charge is -2.62. The van der Waals surface area contributed by atoms with Gasteiger partial charge in [-0.05, 0) is 30.9 Å². The fourth-order valence-electron chi connectivity index (χ4n) is 5.87. The molecule has 1 aromatic carbocycles. The van der Waals surface area contributed by atoms with Crippen LogP contribution in [0.25, 0.3) is 0 Å². The van der Waals surface area contributed by atoms with E-state index in [-0.39, 0.29) is 29.9 Å². The summed E-state index contributed by atoms with van der Waals surface area (Å²) in [5.41, 5.74) is -0.0128. The Morgan fingerprint density at radius 1 is 1.46 bits per heavy atom. The first-order valence-electron chi connectivity index (χ1n) is 9.00. The van der Waals surface area contributed by atoms with Gasteiger partial charge in [-0.15, -0.1) is 0 Å². The van der Waals surface area contributed by atoms with Crippen LogP contribution in [0.1, 0.15) is 30.4 Å². The Kier molecular flexibility index (Phi) is 3.27. The largest absolute Gasteiger partial charge is 0.493 e. The number of ketones is 1. The van der Waals surface area contributed by atoms with Gasteiger partial charge in [0.1, 0.15) is 0 Å². The number of thiol groups is 1. The second-order valence-corrected chi connectivity index (χ2v) is 8.02. The molecule has 6 nitrogen and oxygen atoms in total. The molecule has 2 bridgehead atoms. The van der Waals surface area contributed by atoms with E-state index in [0.29, 0.717) is 37.3 Å². The van der Waals surface area contributed by atoms with Crippen LogP contribution in [0, 0.1) is 0 Å². The average Bonchev–Trinajstić information content (AvgIpc) is 2.99. The van der Waals surface area contributed by atoms with E-state index in [1.54, 1.807) is 12.0 Å². The van der Waals surface area contributed by atoms with Crippen LogP contribution in [0.5, 0.6) is 11.5 Å². The molecule has 1 saturated carbocycles. The summed E-state index contributed by atoms with van der Waals surface area (Å²) in [6.45, 7) is 0.496. The van der Waals surface area contributed by atoms with E-state index >= 15 is 0 Å². The average molecular weight is 375 g/mol. The van der Waals surface area contributed by atoms with E-state index < -0.39 is 17.1 Å². The molecule has 4 aliphatic rings. The molecule has 5 rings (SSSR count). The SMILES string of the molecule is COc1ccc2c3c1O[C@H]1C(=O)CC[C@@]4(O)[C@@H](C2)N(C(=O)CS)CC[C@]314. The molecule has 7 heteroatoms. The van der Waals surface area contributed by atoms with Gasteiger partial charge in [-0.1, -0.05) is 6.07 Å². The van der Waals surface area contributed by atoms with Gasteiger partial charge in [0.15, 0.2) is 23.4 Å². The third-order valence-electron chi connectivity index (χ3n) is 6.92. The number of benzene rings is 1. The molecule has 1 aromatic rings. The lowest BCUT2D eigenvalue weighted by Crippen LogP contribution is -2.77. The molecule has 2 aliphatic carbocycles. The number of aliphatic hydroxyl groups is 1. The first kappa shape index (κ1) is 16.4. The minimum Gasteiger partial charge on any atom is -0.493 e. The molecule has 1 amide bonds. The van der Waals surface area contributed by atoms with Gasteiger partial charge in [-0.2, -0.15) is 12.6 Å². The summed E-state index contributed by atoms with van der Waals surface area (Å²) in [5.74, 6) is 1.24. The van der Waals surface area contributed by atoms with Gasteiger partial charge in [0.05, 0.1) is 29.9 Å². The summed E-state index contributed by atoms with van der Waals surface area (Å²) in [7, 11) is 1.58. The second kappa shape index (κ2) is 5.16. The van der Waals surface area contributed by atoms with Crippen molar-refractivity contribution >= 4 is 24.3 Å². The third-order valence-corrected chi connectivity index (χ3v) is 7.19. The number of Topliss-reactive ketones (excluding diaryl/α,β-unsaturated/α-hetero) is 1. The molecule has 26 heavy (non-hydrogen) atoms. The Morgan fingerprint density at radius 2 is 2.27 bits per heavy atom. The summed E-state index contributed by atoms with van der Waals surface area (Å²) in [5, 5.41) is 11.9. The number of amides is 1. The Morgan fingerprint density at radius 3 is 3.00 bits per heavy atom. The van der Waals surface area contributed by atoms with E-state index in [1.165, 1.54) is 0 Å². The highest BCUT2D eigenvalue weighted by atomic mass is 32.1. The predicted molar refractivity (Wildman–Crippen MR) is 96.0 cm³/mol. The van der Waals surface area contributed by atoms with Gasteiger partial charge in [0, 0.05) is 18.5 Å². The van der Waals surface area contributed by atoms with E-state index in [0.717, 1.165) is 11.1 Å². The number of methoxy groups -OCH3 is 1. The minimum atomic E-state index is -1.17. The molecule has 138 valence electrons. The van der Waals surface area contributed by atoms with Crippen molar-refractivity contribution in [1.82, 2.24) is 4.90 Å². The van der Waals surface area contributed by atoms with Crippen molar-refractivity contribution in [3.63, 3.8) is 0 Å². The number of nitrogens with zero attached hydrogens (tertiary/aromatic N) is 1. The van der Waals surface area contributed by atoms with Crippen LogP contribution in [0.4, 0.5) is 0 Å². The Balaban J connectivity index is 1.78. The van der Waals surface area contributed by atoms with Crippen LogP contribution < -0.4 is 9.47 Å². The monoisotopic (exact) mass is 375 g/mol. The Hall–Kier alpha value is -1.73. The molecule has 0 radical (unpaired) electrons. The maximum Gasteiger partial charge on any atom is 0.232 e. The predicted octanol–water partition coefficient (Wildman–Crippen LogP) is 0.875. The van der Waals surface area contributed by atoms with Crippen molar-refractivity contribution in [2.24, 2.45) is 0 Å². The van der Waals surface area contributed by atoms with Crippen molar-refractivity contribution in [1.29, 1.82) is 0 Å². The summed E-state index contributed by atoms with van der Waals surface area (Å²) < 4.78 is 11.6. The minimum absolute atomic E-state index is 0.0218. The fourth-order valence-corrected chi connectivity index (χ4v) is 6.05. The number of piperidine rings is 1. The molecular weight excluding hydrogens is 354 g/mol. The molecule has 1 spiro atoms. The van der Waals surface area contributed by atoms with Crippen LogP contribution in [-0.4, -0.2) is 58.9 Å². The molecule has 0 unspecified atom stereocenters. The van der Waals surface area contributed by atoms with Gasteiger partial charge >= 0.3 is 0 Å². The number of hydrogen-bond donors (Lipinski definition) is 2. The quantitative estimate of drug-likeness (QED) is 0.751. The van der Waals surface area contributed by atoms with E-state index in [9.17, 15) is 14.7 Å². The van der Waals surface area contributed by atoms with Gasteiger partial charge in [-0.25, -0.2) is 0 Å². The summed E-state index contributed by atoms with van der Waals surface area (Å²) in [4.78, 5) is 27.0. The van der Waals surface area contributed by atoms with Crippen LogP contribution in [-0.2, 0) is 21.4 Å². The van der Waals surface area contributed by atoms with Gasteiger partial charge in [0.2, 0.25) is 5.91 Å². The number of hydrogen-bond acceptors (Lipinski definition) is 6. The van der Waals surface area contributed by atoms with Gasteiger partial charge in [-0.3, -0.25) is 9.59 Å². The van der Waals surface area contributed by atoms with Crippen molar-refractivity contribution in [3.05, 3.63) is 23.3 Å². The van der Waals surface area contributed by atoms with Gasteiger partial charge in [0.25, 0.3) is 0 Å². The van der Waals surface area contributed by atoms with E-state index in [1.807, 2.05) is 12.1 Å². The van der Waals surface area contributed by atoms with Crippen LogP contribution in [0.15, 0.2) is 12.1 Å². The van der Waals surface area contributed by atoms with Crippen LogP contribution in [0.3, 0.4) is 0 Å². The van der Waals surface area contributed by atoms with Crippen molar-refractivity contribution in [3.8, 4) is 11.5 Å². The Bertz CT molecular complexity index is 841. The zero-order chi connectivity index (χ0) is 18.3. The number of carbonyl (C=O) groups is 2. The summed E-state index contributed by atoms with van der Waals surface area (Å²) in [6.07, 6.45) is 0.955. The molecular formula is C19H21NO5S. The highest BCUT2D eigenvalue weighted by molar-refractivity contribution is 7.81. The lowest BCUT2D eigenvalue weighted by atomic mass is 9.49. The molecule has 4 atom stereocenters. The number of rotatable bonds is 2. The lowest BCUT2D eigenvalue weighted by molar-refractivity contribution is -0.191. The summed E-state index contributed by atoms with van der Waals surface area (Å²) >= 11 is 4.15. The van der Waals surface area contributed by atoms with Crippen LogP contribution >= 0.6 is 12.6 Å². The highest BCUT2D eigenvalue weighted by Crippen LogP contribution is 2.64. The molecule has 1 N–H and O–H groups in total. The highest BCUT2D eigenvalue weighted by Gasteiger charge is 2.73. The Labute approximate surface area is 156 Å². The van der Waals surface area contributed by atoms with Gasteiger partial charge < -0.3 is 19.5 Å². The molecule has 1 saturated heterocycles. The number of likely N-dealkylation sites (tertiary alicyclic amines) is 1. The normalized spacial score (nSPS) is 36.4. The van der Waals surface area contributed by atoms with E-state index in [4.69, 9.17) is 9.47 Å². The molecule has 2 aliphatic heterocycles. The topological polar surface area (TPSA) is 76.1 Å². The van der Waals surface area contributed by atoms with Crippen LogP contribution in [0.2, 0.25) is 0 Å². The first-order chi connectivity index (χ1) is 12.5. The third kappa shape index (κ3) is 1.64. The first-order valence-corrected chi connectivity index (χ1v) is 9.63. The maximum atomic E-state index is 12.8. The van der Waals surface area contributed by atoms with Crippen molar-refractivity contribution in [2.45, 2.75) is 48.8 Å². The zero-order valence-electron chi connectivity index (χ0n) is 14.5. The van der Waals surface area contributed by atoms with Crippen molar-refractivity contribution in [2.75, 3.05) is 19.4 Å². The molecule has 0 aromatic heterocycles.